The molecule has 0 radical (unpaired) electrons. The number of hydrogen-bond donors (Lipinski definition) is 1. The first-order chi connectivity index (χ1) is 9.22. The Kier molecular flexibility index (Phi) is 5.68. The third kappa shape index (κ3) is 5.28. The quantitative estimate of drug-likeness (QED) is 0.816. The zero-order valence-electron chi connectivity index (χ0n) is 12.0. The number of nitrogens with two attached hydrogens (primary N) is 1. The van der Waals surface area contributed by atoms with E-state index in [0.29, 0.717) is 0 Å². The van der Waals surface area contributed by atoms with Crippen molar-refractivity contribution in [2.75, 3.05) is 26.4 Å². The van der Waals surface area contributed by atoms with E-state index >= 15 is 0 Å². The van der Waals surface area contributed by atoms with Crippen LogP contribution in [0, 0.1) is 0 Å². The molecule has 0 aliphatic heterocycles. The monoisotopic (exact) mass is 290 g/mol. The topological polar surface area (TPSA) is 38.5 Å². The van der Waals surface area contributed by atoms with Gasteiger partial charge in [-0.25, -0.2) is 0 Å². The number of nitrogen functional groups attached to an aromatic ring is 1. The SMILES string of the molecule is CCC(CCN(C)C)Oc1cc(N)cc(C(F)(F)F)c1. The summed E-state index contributed by atoms with van der Waals surface area (Å²) in [5, 5.41) is 0. The number of ether oxygens (including phenoxy) is 1. The van der Waals surface area contributed by atoms with Crippen molar-refractivity contribution in [2.45, 2.75) is 32.0 Å². The lowest BCUT2D eigenvalue weighted by molar-refractivity contribution is -0.137. The minimum Gasteiger partial charge on any atom is -0.490 e. The average molecular weight is 290 g/mol. The maximum absolute atomic E-state index is 12.7. The maximum atomic E-state index is 12.7. The first kappa shape index (κ1) is 16.6. The number of rotatable bonds is 6. The van der Waals surface area contributed by atoms with Gasteiger partial charge in [-0.1, -0.05) is 6.92 Å². The molecule has 1 rings (SSSR count). The Hall–Kier alpha value is -1.43. The van der Waals surface area contributed by atoms with Crippen LogP contribution < -0.4 is 10.5 Å². The molecule has 3 nitrogen and oxygen atoms in total. The molecule has 6 heteroatoms. The molecule has 0 saturated heterocycles. The van der Waals surface area contributed by atoms with E-state index in [-0.39, 0.29) is 17.5 Å². The van der Waals surface area contributed by atoms with Crippen molar-refractivity contribution < 1.29 is 17.9 Å². The Bertz CT molecular complexity index is 433. The van der Waals surface area contributed by atoms with Gasteiger partial charge in [0.25, 0.3) is 0 Å². The normalized spacial score (nSPS) is 13.6. The first-order valence-electron chi connectivity index (χ1n) is 6.51. The zero-order valence-corrected chi connectivity index (χ0v) is 12.0. The van der Waals surface area contributed by atoms with Gasteiger partial charge in [-0.15, -0.1) is 0 Å². The van der Waals surface area contributed by atoms with E-state index in [0.717, 1.165) is 31.5 Å². The molecule has 1 atom stereocenters. The van der Waals surface area contributed by atoms with Gasteiger partial charge in [-0.3, -0.25) is 0 Å². The highest BCUT2D eigenvalue weighted by molar-refractivity contribution is 5.48. The standard InChI is InChI=1S/C14H21F3N2O/c1-4-12(5-6-19(2)3)20-13-8-10(14(15,16)17)7-11(18)9-13/h7-9,12H,4-6,18H2,1-3H3. The molecule has 1 unspecified atom stereocenters. The zero-order chi connectivity index (χ0) is 15.3. The van der Waals surface area contributed by atoms with Crippen LogP contribution in [0.5, 0.6) is 5.75 Å². The molecule has 114 valence electrons. The van der Waals surface area contributed by atoms with Gasteiger partial charge in [0, 0.05) is 18.3 Å². The average Bonchev–Trinajstić information content (AvgIpc) is 2.32. The maximum Gasteiger partial charge on any atom is 0.416 e. The number of benzene rings is 1. The van der Waals surface area contributed by atoms with E-state index < -0.39 is 11.7 Å². The molecule has 0 heterocycles. The summed E-state index contributed by atoms with van der Waals surface area (Å²) in [6, 6.07) is 3.33. The van der Waals surface area contributed by atoms with E-state index in [1.165, 1.54) is 6.07 Å². The van der Waals surface area contributed by atoms with Gasteiger partial charge in [0.05, 0.1) is 11.7 Å². The molecule has 0 amide bonds. The molecular weight excluding hydrogens is 269 g/mol. The summed E-state index contributed by atoms with van der Waals surface area (Å²) >= 11 is 0. The van der Waals surface area contributed by atoms with Crippen LogP contribution in [0.25, 0.3) is 0 Å². The highest BCUT2D eigenvalue weighted by Crippen LogP contribution is 2.33. The molecule has 0 aliphatic rings. The van der Waals surface area contributed by atoms with Crippen LogP contribution in [0.2, 0.25) is 0 Å². The minimum absolute atomic E-state index is 0.0530. The highest BCUT2D eigenvalue weighted by Gasteiger charge is 2.31. The summed E-state index contributed by atoms with van der Waals surface area (Å²) in [5.41, 5.74) is 4.78. The molecular formula is C14H21F3N2O. The third-order valence-corrected chi connectivity index (χ3v) is 2.91. The number of hydrogen-bond acceptors (Lipinski definition) is 3. The Morgan fingerprint density at radius 1 is 1.25 bits per heavy atom. The van der Waals surface area contributed by atoms with E-state index in [1.807, 2.05) is 25.9 Å². The number of halogens is 3. The third-order valence-electron chi connectivity index (χ3n) is 2.91. The van der Waals surface area contributed by atoms with Crippen LogP contribution in [-0.4, -0.2) is 31.6 Å². The Morgan fingerprint density at radius 2 is 1.90 bits per heavy atom. The molecule has 0 spiro atoms. The van der Waals surface area contributed by atoms with Crippen molar-refractivity contribution in [2.24, 2.45) is 0 Å². The molecule has 20 heavy (non-hydrogen) atoms. The fourth-order valence-corrected chi connectivity index (χ4v) is 1.79. The van der Waals surface area contributed by atoms with Gasteiger partial charge in [0.1, 0.15) is 5.75 Å². The van der Waals surface area contributed by atoms with Crippen LogP contribution in [0.4, 0.5) is 18.9 Å². The van der Waals surface area contributed by atoms with Crippen molar-refractivity contribution in [3.05, 3.63) is 23.8 Å². The lowest BCUT2D eigenvalue weighted by Crippen LogP contribution is -2.23. The number of nitrogens with zero attached hydrogens (tertiary/aromatic N) is 1. The summed E-state index contributed by atoms with van der Waals surface area (Å²) in [6.45, 7) is 2.75. The number of alkyl halides is 3. The van der Waals surface area contributed by atoms with Crippen molar-refractivity contribution in [3.63, 3.8) is 0 Å². The lowest BCUT2D eigenvalue weighted by atomic mass is 10.1. The Labute approximate surface area is 117 Å². The lowest BCUT2D eigenvalue weighted by Gasteiger charge is -2.20. The molecule has 1 aromatic rings. The van der Waals surface area contributed by atoms with E-state index in [4.69, 9.17) is 10.5 Å². The van der Waals surface area contributed by atoms with Crippen LogP contribution in [0.1, 0.15) is 25.3 Å². The van der Waals surface area contributed by atoms with Gasteiger partial charge in [0.15, 0.2) is 0 Å². The van der Waals surface area contributed by atoms with Crippen molar-refractivity contribution >= 4 is 5.69 Å². The molecule has 0 bridgehead atoms. The smallest absolute Gasteiger partial charge is 0.416 e. The Morgan fingerprint density at radius 3 is 2.40 bits per heavy atom. The van der Waals surface area contributed by atoms with Crippen LogP contribution in [0.15, 0.2) is 18.2 Å². The van der Waals surface area contributed by atoms with Crippen LogP contribution in [0.3, 0.4) is 0 Å². The fraction of sp³-hybridized carbons (Fsp3) is 0.571. The molecule has 0 aromatic heterocycles. The second-order valence-corrected chi connectivity index (χ2v) is 5.03. The van der Waals surface area contributed by atoms with E-state index in [2.05, 4.69) is 0 Å². The van der Waals surface area contributed by atoms with E-state index in [1.54, 1.807) is 0 Å². The van der Waals surface area contributed by atoms with Gasteiger partial charge < -0.3 is 15.4 Å². The molecule has 0 fully saturated rings. The van der Waals surface area contributed by atoms with Gasteiger partial charge in [-0.05, 0) is 39.1 Å². The predicted molar refractivity (Wildman–Crippen MR) is 73.7 cm³/mol. The summed E-state index contributed by atoms with van der Waals surface area (Å²) in [7, 11) is 3.88. The second-order valence-electron chi connectivity index (χ2n) is 5.03. The predicted octanol–water partition coefficient (Wildman–Crippen LogP) is 3.40. The molecule has 2 N–H and O–H groups in total. The Balaban J connectivity index is 2.82. The largest absolute Gasteiger partial charge is 0.490 e. The first-order valence-corrected chi connectivity index (χ1v) is 6.51. The van der Waals surface area contributed by atoms with Gasteiger partial charge in [-0.2, -0.15) is 13.2 Å². The van der Waals surface area contributed by atoms with Crippen LogP contribution >= 0.6 is 0 Å². The van der Waals surface area contributed by atoms with Crippen molar-refractivity contribution in [1.82, 2.24) is 4.90 Å². The molecule has 0 aliphatic carbocycles. The summed E-state index contributed by atoms with van der Waals surface area (Å²) in [6.07, 6.45) is -3.07. The highest BCUT2D eigenvalue weighted by atomic mass is 19.4. The summed E-state index contributed by atoms with van der Waals surface area (Å²) < 4.78 is 43.7. The van der Waals surface area contributed by atoms with Crippen molar-refractivity contribution in [1.29, 1.82) is 0 Å². The summed E-state index contributed by atoms with van der Waals surface area (Å²) in [4.78, 5) is 2.01. The minimum atomic E-state index is -4.42. The molecule has 1 aromatic carbocycles. The van der Waals surface area contributed by atoms with Crippen molar-refractivity contribution in [3.8, 4) is 5.75 Å². The van der Waals surface area contributed by atoms with Crippen LogP contribution in [-0.2, 0) is 6.18 Å². The number of anilines is 1. The fourth-order valence-electron chi connectivity index (χ4n) is 1.79. The summed E-state index contributed by atoms with van der Waals surface area (Å²) in [5.74, 6) is 0.169. The van der Waals surface area contributed by atoms with Gasteiger partial charge in [0.2, 0.25) is 0 Å². The van der Waals surface area contributed by atoms with Gasteiger partial charge >= 0.3 is 6.18 Å². The van der Waals surface area contributed by atoms with E-state index in [9.17, 15) is 13.2 Å². The second kappa shape index (κ2) is 6.83. The molecule has 0 saturated carbocycles.